The Bertz CT molecular complexity index is 1210. The smallest absolute Gasteiger partial charge is 0.258 e. The Morgan fingerprint density at radius 3 is 2.47 bits per heavy atom. The van der Waals surface area contributed by atoms with Gasteiger partial charge in [-0.05, 0) is 51.3 Å². The number of fused-ring (bicyclic) bond motifs is 2. The van der Waals surface area contributed by atoms with Gasteiger partial charge in [0.15, 0.2) is 0 Å². The van der Waals surface area contributed by atoms with Crippen LogP contribution in [-0.4, -0.2) is 33.0 Å². The molecule has 1 N–H and O–H groups in total. The summed E-state index contributed by atoms with van der Waals surface area (Å²) >= 11 is 0. The highest BCUT2D eigenvalue weighted by molar-refractivity contribution is 6.08. The standard InChI is InChI=1S/C26H28N4O2/c1-16(2)30-18(4)22(17(3)28-30)24(31)29-15-14-26(23(29)19-10-6-5-7-11-19)20-12-8-9-13-21(20)27-25(26)32/h5-13,16,23H,14-15H2,1-4H3,(H,27,32). The first-order chi connectivity index (χ1) is 15.4. The molecule has 3 heterocycles. The van der Waals surface area contributed by atoms with E-state index >= 15 is 0 Å². The number of nitrogens with zero attached hydrogens (tertiary/aromatic N) is 3. The zero-order chi connectivity index (χ0) is 22.6. The molecule has 0 radical (unpaired) electrons. The Morgan fingerprint density at radius 2 is 1.78 bits per heavy atom. The lowest BCUT2D eigenvalue weighted by molar-refractivity contribution is -0.121. The summed E-state index contributed by atoms with van der Waals surface area (Å²) in [6, 6.07) is 17.6. The van der Waals surface area contributed by atoms with Gasteiger partial charge in [-0.3, -0.25) is 14.3 Å². The maximum Gasteiger partial charge on any atom is 0.258 e. The summed E-state index contributed by atoms with van der Waals surface area (Å²) < 4.78 is 1.91. The van der Waals surface area contributed by atoms with Crippen molar-refractivity contribution in [3.8, 4) is 0 Å². The lowest BCUT2D eigenvalue weighted by atomic mass is 9.72. The van der Waals surface area contributed by atoms with Gasteiger partial charge in [-0.1, -0.05) is 48.5 Å². The van der Waals surface area contributed by atoms with E-state index < -0.39 is 5.41 Å². The van der Waals surface area contributed by atoms with E-state index in [4.69, 9.17) is 0 Å². The fraction of sp³-hybridized carbons (Fsp3) is 0.346. The SMILES string of the molecule is Cc1nn(C(C)C)c(C)c1C(=O)N1CCC2(C(=O)Nc3ccccc32)C1c1ccccc1. The third-order valence-corrected chi connectivity index (χ3v) is 6.99. The van der Waals surface area contributed by atoms with Crippen LogP contribution in [0.25, 0.3) is 0 Å². The summed E-state index contributed by atoms with van der Waals surface area (Å²) in [5, 5.41) is 7.71. The van der Waals surface area contributed by atoms with Crippen molar-refractivity contribution in [2.45, 2.75) is 51.6 Å². The number of hydrogen-bond donors (Lipinski definition) is 1. The van der Waals surface area contributed by atoms with Crippen LogP contribution < -0.4 is 5.32 Å². The predicted molar refractivity (Wildman–Crippen MR) is 124 cm³/mol. The first-order valence-corrected chi connectivity index (χ1v) is 11.2. The normalized spacial score (nSPS) is 22.0. The van der Waals surface area contributed by atoms with Crippen molar-refractivity contribution in [2.24, 2.45) is 0 Å². The van der Waals surface area contributed by atoms with Gasteiger partial charge in [0.2, 0.25) is 5.91 Å². The van der Waals surface area contributed by atoms with Gasteiger partial charge in [0.25, 0.3) is 5.91 Å². The number of rotatable bonds is 3. The van der Waals surface area contributed by atoms with Crippen LogP contribution in [0.5, 0.6) is 0 Å². The average Bonchev–Trinajstić information content (AvgIpc) is 3.41. The molecule has 2 aromatic carbocycles. The van der Waals surface area contributed by atoms with Crippen LogP contribution >= 0.6 is 0 Å². The zero-order valence-electron chi connectivity index (χ0n) is 18.9. The number of carbonyl (C=O) groups is 2. The number of aryl methyl sites for hydroxylation is 1. The monoisotopic (exact) mass is 428 g/mol. The second-order valence-electron chi connectivity index (χ2n) is 9.12. The molecule has 0 bridgehead atoms. The van der Waals surface area contributed by atoms with Crippen LogP contribution in [0, 0.1) is 13.8 Å². The summed E-state index contributed by atoms with van der Waals surface area (Å²) in [6.07, 6.45) is 0.581. The summed E-state index contributed by atoms with van der Waals surface area (Å²) in [5.74, 6) is -0.0935. The summed E-state index contributed by atoms with van der Waals surface area (Å²) in [7, 11) is 0. The van der Waals surface area contributed by atoms with Crippen LogP contribution in [0.2, 0.25) is 0 Å². The molecule has 3 aromatic rings. The van der Waals surface area contributed by atoms with Crippen molar-refractivity contribution in [1.29, 1.82) is 0 Å². The Kier molecular flexibility index (Phi) is 4.69. The van der Waals surface area contributed by atoms with Crippen LogP contribution in [0.3, 0.4) is 0 Å². The van der Waals surface area contributed by atoms with Crippen molar-refractivity contribution in [1.82, 2.24) is 14.7 Å². The summed E-state index contributed by atoms with van der Waals surface area (Å²) in [5.41, 5.74) is 4.22. The second kappa shape index (κ2) is 7.33. The number of nitrogens with one attached hydrogen (secondary N) is 1. The molecule has 2 aliphatic heterocycles. The van der Waals surface area contributed by atoms with E-state index in [1.54, 1.807) is 0 Å². The maximum absolute atomic E-state index is 14.0. The Hall–Kier alpha value is -3.41. The average molecular weight is 429 g/mol. The van der Waals surface area contributed by atoms with Gasteiger partial charge >= 0.3 is 0 Å². The zero-order valence-corrected chi connectivity index (χ0v) is 18.9. The van der Waals surface area contributed by atoms with E-state index in [1.165, 1.54) is 0 Å². The van der Waals surface area contributed by atoms with Gasteiger partial charge in [0.1, 0.15) is 5.41 Å². The molecular formula is C26H28N4O2. The highest BCUT2D eigenvalue weighted by Crippen LogP contribution is 2.55. The van der Waals surface area contributed by atoms with Crippen LogP contribution in [0.4, 0.5) is 5.69 Å². The third-order valence-electron chi connectivity index (χ3n) is 6.99. The number of carbonyl (C=O) groups excluding carboxylic acids is 2. The van der Waals surface area contributed by atoms with E-state index in [0.717, 1.165) is 28.2 Å². The molecule has 1 spiro atoms. The lowest BCUT2D eigenvalue weighted by Crippen LogP contribution is -2.42. The van der Waals surface area contributed by atoms with E-state index in [9.17, 15) is 9.59 Å². The minimum absolute atomic E-state index is 0.0332. The van der Waals surface area contributed by atoms with Crippen LogP contribution in [0.15, 0.2) is 54.6 Å². The van der Waals surface area contributed by atoms with Gasteiger partial charge in [-0.25, -0.2) is 0 Å². The topological polar surface area (TPSA) is 67.2 Å². The van der Waals surface area contributed by atoms with Gasteiger partial charge < -0.3 is 10.2 Å². The van der Waals surface area contributed by atoms with Crippen molar-refractivity contribution >= 4 is 17.5 Å². The quantitative estimate of drug-likeness (QED) is 0.665. The molecule has 0 aliphatic carbocycles. The number of benzene rings is 2. The minimum atomic E-state index is -0.802. The van der Waals surface area contributed by atoms with Crippen LogP contribution in [-0.2, 0) is 10.2 Å². The molecule has 6 heteroatoms. The van der Waals surface area contributed by atoms with Gasteiger partial charge in [0.05, 0.1) is 17.3 Å². The number of hydrogen-bond acceptors (Lipinski definition) is 3. The van der Waals surface area contributed by atoms with Gasteiger partial charge in [-0.2, -0.15) is 5.10 Å². The number of amides is 2. The van der Waals surface area contributed by atoms with Gasteiger partial charge in [0, 0.05) is 24.0 Å². The molecule has 2 amide bonds. The second-order valence-corrected chi connectivity index (χ2v) is 9.12. The first-order valence-electron chi connectivity index (χ1n) is 11.2. The van der Waals surface area contributed by atoms with E-state index in [-0.39, 0.29) is 23.9 Å². The molecule has 2 atom stereocenters. The number of anilines is 1. The number of aromatic nitrogens is 2. The molecule has 1 aromatic heterocycles. The number of para-hydroxylation sites is 1. The van der Waals surface area contributed by atoms with Crippen molar-refractivity contribution in [3.05, 3.63) is 82.7 Å². The molecule has 1 fully saturated rings. The summed E-state index contributed by atoms with van der Waals surface area (Å²) in [6.45, 7) is 8.47. The molecule has 32 heavy (non-hydrogen) atoms. The van der Waals surface area contributed by atoms with Crippen LogP contribution in [0.1, 0.15) is 65.2 Å². The highest BCUT2D eigenvalue weighted by atomic mass is 16.2. The Balaban J connectivity index is 1.67. The first kappa shape index (κ1) is 20.5. The van der Waals surface area contributed by atoms with Crippen molar-refractivity contribution in [3.63, 3.8) is 0 Å². The molecule has 6 nitrogen and oxygen atoms in total. The predicted octanol–water partition coefficient (Wildman–Crippen LogP) is 4.56. The lowest BCUT2D eigenvalue weighted by Gasteiger charge is -2.34. The largest absolute Gasteiger partial charge is 0.330 e. The summed E-state index contributed by atoms with van der Waals surface area (Å²) in [4.78, 5) is 29.4. The van der Waals surface area contributed by atoms with E-state index in [2.05, 4.69) is 24.3 Å². The fourth-order valence-corrected chi connectivity index (χ4v) is 5.62. The molecule has 2 aliphatic rings. The van der Waals surface area contributed by atoms with Crippen molar-refractivity contribution < 1.29 is 9.59 Å². The molecule has 2 unspecified atom stereocenters. The fourth-order valence-electron chi connectivity index (χ4n) is 5.62. The molecular weight excluding hydrogens is 400 g/mol. The molecule has 164 valence electrons. The highest BCUT2D eigenvalue weighted by Gasteiger charge is 2.59. The maximum atomic E-state index is 14.0. The molecule has 1 saturated heterocycles. The molecule has 0 saturated carbocycles. The Morgan fingerprint density at radius 1 is 1.09 bits per heavy atom. The van der Waals surface area contributed by atoms with Crippen molar-refractivity contribution in [2.75, 3.05) is 11.9 Å². The number of likely N-dealkylation sites (tertiary alicyclic amines) is 1. The van der Waals surface area contributed by atoms with E-state index in [0.29, 0.717) is 18.5 Å². The van der Waals surface area contributed by atoms with Gasteiger partial charge in [-0.15, -0.1) is 0 Å². The van der Waals surface area contributed by atoms with E-state index in [1.807, 2.05) is 78.0 Å². The minimum Gasteiger partial charge on any atom is -0.330 e. The molecule has 5 rings (SSSR count). The Labute approximate surface area is 188 Å². The third kappa shape index (κ3) is 2.75.